The van der Waals surface area contributed by atoms with Crippen LogP contribution in [0.25, 0.3) is 0 Å². The number of nitrogens with zero attached hydrogens (tertiary/aromatic N) is 2. The summed E-state index contributed by atoms with van der Waals surface area (Å²) < 4.78 is 26.5. The van der Waals surface area contributed by atoms with Crippen LogP contribution in [-0.2, 0) is 32.6 Å². The molecule has 3 aromatic carbocycles. The molecule has 0 heterocycles. The Kier molecular flexibility index (Phi) is 10.4. The summed E-state index contributed by atoms with van der Waals surface area (Å²) in [5.74, 6) is -1.000. The molecule has 1 atom stereocenters. The maximum Gasteiger partial charge on any atom is 0.244 e. The molecule has 11 heteroatoms. The van der Waals surface area contributed by atoms with Crippen LogP contribution in [0.15, 0.2) is 72.8 Å². The van der Waals surface area contributed by atoms with Crippen molar-refractivity contribution in [2.75, 3.05) is 23.7 Å². The number of rotatable bonds is 11. The van der Waals surface area contributed by atoms with Gasteiger partial charge in [-0.2, -0.15) is 0 Å². The summed E-state index contributed by atoms with van der Waals surface area (Å²) in [6.07, 6.45) is 1.19. The first-order valence-electron chi connectivity index (χ1n) is 11.8. The highest BCUT2D eigenvalue weighted by molar-refractivity contribution is 7.92. The molecular formula is C27H28Cl3N3O4S. The van der Waals surface area contributed by atoms with Gasteiger partial charge >= 0.3 is 0 Å². The van der Waals surface area contributed by atoms with Crippen LogP contribution >= 0.6 is 34.8 Å². The largest absolute Gasteiger partial charge is 0.355 e. The molecule has 0 aromatic heterocycles. The Morgan fingerprint density at radius 1 is 0.921 bits per heavy atom. The highest BCUT2D eigenvalue weighted by Gasteiger charge is 2.33. The van der Waals surface area contributed by atoms with Gasteiger partial charge in [0.1, 0.15) is 12.6 Å². The van der Waals surface area contributed by atoms with Crippen molar-refractivity contribution in [2.24, 2.45) is 0 Å². The van der Waals surface area contributed by atoms with Crippen molar-refractivity contribution < 1.29 is 18.0 Å². The number of hydrogen-bond donors (Lipinski definition) is 1. The van der Waals surface area contributed by atoms with Gasteiger partial charge in [-0.3, -0.25) is 13.9 Å². The smallest absolute Gasteiger partial charge is 0.244 e. The van der Waals surface area contributed by atoms with Gasteiger partial charge in [0.25, 0.3) is 0 Å². The molecule has 0 aliphatic rings. The van der Waals surface area contributed by atoms with Gasteiger partial charge in [-0.1, -0.05) is 77.3 Å². The molecule has 2 amide bonds. The summed E-state index contributed by atoms with van der Waals surface area (Å²) >= 11 is 19.0. The Morgan fingerprint density at radius 3 is 2.13 bits per heavy atom. The zero-order chi connectivity index (χ0) is 27.9. The van der Waals surface area contributed by atoms with Crippen molar-refractivity contribution in [3.8, 4) is 0 Å². The van der Waals surface area contributed by atoms with E-state index >= 15 is 0 Å². The van der Waals surface area contributed by atoms with E-state index in [2.05, 4.69) is 5.32 Å². The summed E-state index contributed by atoms with van der Waals surface area (Å²) in [6.45, 7) is 1.45. The topological polar surface area (TPSA) is 86.8 Å². The maximum atomic E-state index is 13.9. The fourth-order valence-electron chi connectivity index (χ4n) is 3.94. The molecule has 0 aliphatic carbocycles. The minimum absolute atomic E-state index is 0.112. The van der Waals surface area contributed by atoms with E-state index in [0.717, 1.165) is 16.1 Å². The predicted molar refractivity (Wildman–Crippen MR) is 153 cm³/mol. The van der Waals surface area contributed by atoms with Crippen LogP contribution in [0.5, 0.6) is 0 Å². The van der Waals surface area contributed by atoms with Crippen LogP contribution in [0.3, 0.4) is 0 Å². The number of carbonyl (C=O) groups excluding carboxylic acids is 2. The predicted octanol–water partition coefficient (Wildman–Crippen LogP) is 5.19. The SMILES string of the molecule is CCNC(=O)C(Cc1ccccc1)N(Cc1c(Cl)cccc1Cl)C(=O)CN(c1cccc(Cl)c1)S(C)(=O)=O. The van der Waals surface area contributed by atoms with E-state index in [4.69, 9.17) is 34.8 Å². The van der Waals surface area contributed by atoms with Crippen molar-refractivity contribution in [1.29, 1.82) is 0 Å². The molecule has 0 bridgehead atoms. The number of halogens is 3. The molecule has 7 nitrogen and oxygen atoms in total. The monoisotopic (exact) mass is 595 g/mol. The highest BCUT2D eigenvalue weighted by atomic mass is 35.5. The minimum atomic E-state index is -3.89. The number of benzene rings is 3. The van der Waals surface area contributed by atoms with Gasteiger partial charge < -0.3 is 10.2 Å². The molecule has 0 saturated heterocycles. The lowest BCUT2D eigenvalue weighted by atomic mass is 10.0. The Bertz CT molecular complexity index is 1370. The molecule has 3 rings (SSSR count). The molecule has 1 N–H and O–H groups in total. The Labute approximate surface area is 238 Å². The van der Waals surface area contributed by atoms with E-state index in [1.165, 1.54) is 11.0 Å². The van der Waals surface area contributed by atoms with Crippen LogP contribution in [0.4, 0.5) is 5.69 Å². The van der Waals surface area contributed by atoms with Crippen LogP contribution in [0, 0.1) is 0 Å². The number of amides is 2. The molecule has 0 saturated carbocycles. The Balaban J connectivity index is 2.09. The first-order valence-corrected chi connectivity index (χ1v) is 14.8. The van der Waals surface area contributed by atoms with Gasteiger partial charge in [-0.15, -0.1) is 0 Å². The molecule has 0 spiro atoms. The third-order valence-electron chi connectivity index (χ3n) is 5.79. The Morgan fingerprint density at radius 2 is 1.55 bits per heavy atom. The lowest BCUT2D eigenvalue weighted by molar-refractivity contribution is -0.140. The van der Waals surface area contributed by atoms with Crippen molar-refractivity contribution in [3.63, 3.8) is 0 Å². The summed E-state index contributed by atoms with van der Waals surface area (Å²) in [7, 11) is -3.89. The Hall–Kier alpha value is -2.78. The third-order valence-corrected chi connectivity index (χ3v) is 7.87. The van der Waals surface area contributed by atoms with Crippen LogP contribution in [0.1, 0.15) is 18.1 Å². The van der Waals surface area contributed by atoms with Crippen molar-refractivity contribution >= 4 is 62.3 Å². The number of hydrogen-bond acceptors (Lipinski definition) is 4. The fraction of sp³-hybridized carbons (Fsp3) is 0.259. The van der Waals surface area contributed by atoms with E-state index in [1.54, 1.807) is 43.3 Å². The standard InChI is InChI=1S/C27H28Cl3N3O4S/c1-3-31-27(35)25(15-19-9-5-4-6-10-19)32(17-22-23(29)13-8-14-24(22)30)26(34)18-33(38(2,36)37)21-12-7-11-20(28)16-21/h4-14,16,25H,3,15,17-18H2,1-2H3,(H,31,35). The number of sulfonamides is 1. The summed E-state index contributed by atoms with van der Waals surface area (Å²) in [5, 5.41) is 3.74. The number of anilines is 1. The van der Waals surface area contributed by atoms with Gasteiger partial charge in [-0.25, -0.2) is 8.42 Å². The van der Waals surface area contributed by atoms with Crippen LogP contribution < -0.4 is 9.62 Å². The average molecular weight is 597 g/mol. The van der Waals surface area contributed by atoms with E-state index in [-0.39, 0.29) is 24.6 Å². The first-order chi connectivity index (χ1) is 18.0. The van der Waals surface area contributed by atoms with E-state index < -0.39 is 28.5 Å². The summed E-state index contributed by atoms with van der Waals surface area (Å²) in [6, 6.07) is 19.4. The van der Waals surface area contributed by atoms with E-state index in [0.29, 0.717) is 27.2 Å². The molecule has 202 valence electrons. The molecule has 1 unspecified atom stereocenters. The summed E-state index contributed by atoms with van der Waals surface area (Å²) in [5.41, 5.74) is 1.49. The van der Waals surface area contributed by atoms with Crippen LogP contribution in [0.2, 0.25) is 15.1 Å². The van der Waals surface area contributed by atoms with Gasteiger partial charge in [0, 0.05) is 40.1 Å². The van der Waals surface area contributed by atoms with Crippen molar-refractivity contribution in [2.45, 2.75) is 25.9 Å². The lowest BCUT2D eigenvalue weighted by Gasteiger charge is -2.33. The number of nitrogens with one attached hydrogen (secondary N) is 1. The van der Waals surface area contributed by atoms with Crippen LogP contribution in [-0.4, -0.2) is 50.5 Å². The second-order valence-electron chi connectivity index (χ2n) is 8.57. The fourth-order valence-corrected chi connectivity index (χ4v) is 5.49. The van der Waals surface area contributed by atoms with Gasteiger partial charge in [0.2, 0.25) is 21.8 Å². The van der Waals surface area contributed by atoms with Gasteiger partial charge in [-0.05, 0) is 42.8 Å². The second kappa shape index (κ2) is 13.3. The third kappa shape index (κ3) is 7.86. The van der Waals surface area contributed by atoms with Crippen molar-refractivity contribution in [1.82, 2.24) is 10.2 Å². The zero-order valence-corrected chi connectivity index (χ0v) is 24.0. The quantitative estimate of drug-likeness (QED) is 0.330. The van der Waals surface area contributed by atoms with Crippen molar-refractivity contribution in [3.05, 3.63) is 99.0 Å². The second-order valence-corrected chi connectivity index (χ2v) is 11.7. The average Bonchev–Trinajstić information content (AvgIpc) is 2.86. The van der Waals surface area contributed by atoms with E-state index in [1.807, 2.05) is 30.3 Å². The summed E-state index contributed by atoms with van der Waals surface area (Å²) in [4.78, 5) is 28.6. The lowest BCUT2D eigenvalue weighted by Crippen LogP contribution is -2.53. The van der Waals surface area contributed by atoms with E-state index in [9.17, 15) is 18.0 Å². The molecule has 38 heavy (non-hydrogen) atoms. The molecular weight excluding hydrogens is 569 g/mol. The first kappa shape index (κ1) is 29.8. The zero-order valence-electron chi connectivity index (χ0n) is 20.9. The maximum absolute atomic E-state index is 13.9. The highest BCUT2D eigenvalue weighted by Crippen LogP contribution is 2.28. The molecule has 0 radical (unpaired) electrons. The number of likely N-dealkylation sites (N-methyl/N-ethyl adjacent to an activating group) is 1. The normalized spacial score (nSPS) is 12.0. The van der Waals surface area contributed by atoms with Gasteiger partial charge in [0.05, 0.1) is 11.9 Å². The number of carbonyl (C=O) groups is 2. The molecule has 0 aliphatic heterocycles. The molecule has 3 aromatic rings. The van der Waals surface area contributed by atoms with Gasteiger partial charge in [0.15, 0.2) is 0 Å². The minimum Gasteiger partial charge on any atom is -0.355 e. The molecule has 0 fully saturated rings.